The summed E-state index contributed by atoms with van der Waals surface area (Å²) < 4.78 is 4.95. The van der Waals surface area contributed by atoms with Gasteiger partial charge in [0.15, 0.2) is 0 Å². The van der Waals surface area contributed by atoms with Gasteiger partial charge in [-0.15, -0.1) is 0 Å². The molecule has 0 saturated carbocycles. The van der Waals surface area contributed by atoms with E-state index in [1.807, 2.05) is 31.2 Å². The van der Waals surface area contributed by atoms with Gasteiger partial charge in [0.1, 0.15) is 0 Å². The van der Waals surface area contributed by atoms with E-state index in [1.54, 1.807) is 7.11 Å². The van der Waals surface area contributed by atoms with Crippen molar-refractivity contribution in [1.29, 1.82) is 0 Å². The average molecular weight is 229 g/mol. The minimum Gasteiger partial charge on any atom is -0.390 e. The zero-order valence-corrected chi connectivity index (χ0v) is 9.92. The molecule has 0 aromatic heterocycles. The van der Waals surface area contributed by atoms with Gasteiger partial charge in [-0.1, -0.05) is 23.7 Å². The third-order valence-electron chi connectivity index (χ3n) is 2.34. The van der Waals surface area contributed by atoms with Gasteiger partial charge in [0.2, 0.25) is 0 Å². The summed E-state index contributed by atoms with van der Waals surface area (Å²) >= 11 is 5.78. The number of methoxy groups -OCH3 is 1. The topological polar surface area (TPSA) is 29.5 Å². The van der Waals surface area contributed by atoms with Gasteiger partial charge < -0.3 is 9.84 Å². The number of benzene rings is 1. The third kappa shape index (κ3) is 4.65. The molecule has 0 saturated heterocycles. The maximum Gasteiger partial charge on any atom is 0.0681 e. The van der Waals surface area contributed by atoms with Gasteiger partial charge in [-0.25, -0.2) is 0 Å². The van der Waals surface area contributed by atoms with Crippen LogP contribution in [0.25, 0.3) is 0 Å². The summed E-state index contributed by atoms with van der Waals surface area (Å²) in [5.74, 6) is 0. The maximum atomic E-state index is 10.1. The van der Waals surface area contributed by atoms with E-state index in [-0.39, 0.29) is 0 Å². The predicted octanol–water partition coefficient (Wildman–Crippen LogP) is 2.67. The molecular weight excluding hydrogens is 212 g/mol. The normalized spacial score (nSPS) is 14.9. The van der Waals surface area contributed by atoms with Crippen molar-refractivity contribution in [2.24, 2.45) is 0 Å². The molecule has 0 radical (unpaired) electrons. The first-order valence-corrected chi connectivity index (χ1v) is 5.37. The summed E-state index contributed by atoms with van der Waals surface area (Å²) in [5.41, 5.74) is 0.365. The molecule has 1 unspecified atom stereocenters. The summed E-state index contributed by atoms with van der Waals surface area (Å²) in [7, 11) is 1.64. The fraction of sp³-hybridized carbons (Fsp3) is 0.500. The first kappa shape index (κ1) is 12.5. The van der Waals surface area contributed by atoms with E-state index in [0.717, 1.165) is 10.6 Å². The first-order valence-electron chi connectivity index (χ1n) is 4.99. The molecule has 0 bridgehead atoms. The molecule has 0 heterocycles. The molecule has 0 spiro atoms. The SMILES string of the molecule is COCCC(C)(O)Cc1ccc(Cl)cc1. The Balaban J connectivity index is 2.56. The molecule has 1 N–H and O–H groups in total. The Morgan fingerprint density at radius 2 is 1.93 bits per heavy atom. The maximum absolute atomic E-state index is 10.1. The fourth-order valence-corrected chi connectivity index (χ4v) is 1.58. The van der Waals surface area contributed by atoms with Crippen molar-refractivity contribution >= 4 is 11.6 Å². The monoisotopic (exact) mass is 228 g/mol. The van der Waals surface area contributed by atoms with Crippen molar-refractivity contribution in [2.45, 2.75) is 25.4 Å². The van der Waals surface area contributed by atoms with E-state index in [9.17, 15) is 5.11 Å². The van der Waals surface area contributed by atoms with Gasteiger partial charge in [0.25, 0.3) is 0 Å². The van der Waals surface area contributed by atoms with Gasteiger partial charge in [-0.05, 0) is 31.0 Å². The molecule has 1 atom stereocenters. The predicted molar refractivity (Wildman–Crippen MR) is 62.3 cm³/mol. The Morgan fingerprint density at radius 3 is 2.47 bits per heavy atom. The van der Waals surface area contributed by atoms with Gasteiger partial charge in [0.05, 0.1) is 5.60 Å². The average Bonchev–Trinajstić information content (AvgIpc) is 2.18. The summed E-state index contributed by atoms with van der Waals surface area (Å²) in [6, 6.07) is 7.54. The number of aliphatic hydroxyl groups is 1. The summed E-state index contributed by atoms with van der Waals surface area (Å²) in [6.07, 6.45) is 1.25. The molecule has 0 amide bonds. The van der Waals surface area contributed by atoms with Crippen molar-refractivity contribution in [3.05, 3.63) is 34.9 Å². The van der Waals surface area contributed by atoms with Crippen LogP contribution in [0.4, 0.5) is 0 Å². The quantitative estimate of drug-likeness (QED) is 0.840. The van der Waals surface area contributed by atoms with Crippen LogP contribution in [0.15, 0.2) is 24.3 Å². The standard InChI is InChI=1S/C12H17ClO2/c1-12(14,7-8-15-2)9-10-3-5-11(13)6-4-10/h3-6,14H,7-9H2,1-2H3. The highest BCUT2D eigenvalue weighted by atomic mass is 35.5. The summed E-state index contributed by atoms with van der Waals surface area (Å²) in [6.45, 7) is 2.39. The molecule has 1 aromatic carbocycles. The van der Waals surface area contributed by atoms with Gasteiger partial charge in [-0.3, -0.25) is 0 Å². The molecule has 1 aromatic rings. The Bertz CT molecular complexity index is 293. The lowest BCUT2D eigenvalue weighted by Crippen LogP contribution is -2.28. The Morgan fingerprint density at radius 1 is 1.33 bits per heavy atom. The number of ether oxygens (including phenoxy) is 1. The van der Waals surface area contributed by atoms with Crippen LogP contribution >= 0.6 is 11.6 Å². The van der Waals surface area contributed by atoms with Crippen molar-refractivity contribution in [1.82, 2.24) is 0 Å². The molecule has 0 aliphatic carbocycles. The Kier molecular flexibility index (Phi) is 4.58. The van der Waals surface area contributed by atoms with Gasteiger partial charge in [-0.2, -0.15) is 0 Å². The van der Waals surface area contributed by atoms with Crippen LogP contribution in [-0.2, 0) is 11.2 Å². The van der Waals surface area contributed by atoms with E-state index < -0.39 is 5.60 Å². The zero-order valence-electron chi connectivity index (χ0n) is 9.16. The van der Waals surface area contributed by atoms with Crippen LogP contribution in [0.1, 0.15) is 18.9 Å². The minimum atomic E-state index is -0.718. The van der Waals surface area contributed by atoms with E-state index in [0.29, 0.717) is 19.4 Å². The van der Waals surface area contributed by atoms with Crippen molar-refractivity contribution in [3.63, 3.8) is 0 Å². The molecule has 0 aliphatic rings. The highest BCUT2D eigenvalue weighted by molar-refractivity contribution is 6.30. The number of hydrogen-bond acceptors (Lipinski definition) is 2. The van der Waals surface area contributed by atoms with Crippen LogP contribution < -0.4 is 0 Å². The highest BCUT2D eigenvalue weighted by Gasteiger charge is 2.20. The van der Waals surface area contributed by atoms with Crippen LogP contribution in [0.3, 0.4) is 0 Å². The van der Waals surface area contributed by atoms with Crippen LogP contribution in [0.5, 0.6) is 0 Å². The number of halogens is 1. The van der Waals surface area contributed by atoms with E-state index in [2.05, 4.69) is 0 Å². The first-order chi connectivity index (χ1) is 7.03. The van der Waals surface area contributed by atoms with Crippen LogP contribution in [0.2, 0.25) is 5.02 Å². The minimum absolute atomic E-state index is 0.570. The van der Waals surface area contributed by atoms with E-state index >= 15 is 0 Å². The highest BCUT2D eigenvalue weighted by Crippen LogP contribution is 2.18. The second-order valence-corrected chi connectivity index (χ2v) is 4.48. The van der Waals surface area contributed by atoms with Gasteiger partial charge >= 0.3 is 0 Å². The molecule has 0 aliphatic heterocycles. The molecule has 0 fully saturated rings. The van der Waals surface area contributed by atoms with Crippen molar-refractivity contribution < 1.29 is 9.84 Å². The third-order valence-corrected chi connectivity index (χ3v) is 2.59. The smallest absolute Gasteiger partial charge is 0.0681 e. The lowest BCUT2D eigenvalue weighted by molar-refractivity contribution is 0.0249. The molecule has 84 valence electrons. The largest absolute Gasteiger partial charge is 0.390 e. The second-order valence-electron chi connectivity index (χ2n) is 4.04. The van der Waals surface area contributed by atoms with Crippen LogP contribution in [0, 0.1) is 0 Å². The molecule has 15 heavy (non-hydrogen) atoms. The molecule has 2 nitrogen and oxygen atoms in total. The molecular formula is C12H17ClO2. The molecule has 1 rings (SSSR count). The Hall–Kier alpha value is -0.570. The number of hydrogen-bond donors (Lipinski definition) is 1. The second kappa shape index (κ2) is 5.50. The van der Waals surface area contributed by atoms with E-state index in [1.165, 1.54) is 0 Å². The fourth-order valence-electron chi connectivity index (χ4n) is 1.45. The van der Waals surface area contributed by atoms with Crippen molar-refractivity contribution in [2.75, 3.05) is 13.7 Å². The van der Waals surface area contributed by atoms with Gasteiger partial charge in [0, 0.05) is 25.2 Å². The zero-order chi connectivity index (χ0) is 11.3. The number of rotatable bonds is 5. The van der Waals surface area contributed by atoms with Crippen molar-refractivity contribution in [3.8, 4) is 0 Å². The van der Waals surface area contributed by atoms with Crippen LogP contribution in [-0.4, -0.2) is 24.4 Å². The lowest BCUT2D eigenvalue weighted by atomic mass is 9.94. The lowest BCUT2D eigenvalue weighted by Gasteiger charge is -2.22. The summed E-state index contributed by atoms with van der Waals surface area (Å²) in [4.78, 5) is 0. The Labute approximate surface area is 95.8 Å². The van der Waals surface area contributed by atoms with E-state index in [4.69, 9.17) is 16.3 Å². The summed E-state index contributed by atoms with van der Waals surface area (Å²) in [5, 5.41) is 10.8. The molecule has 3 heteroatoms.